The molecule has 9 heavy (non-hydrogen) atoms. The Labute approximate surface area is 236 Å². The van der Waals surface area contributed by atoms with Crippen molar-refractivity contribution in [2.24, 2.45) is 0 Å². The second-order valence-electron chi connectivity index (χ2n) is 0. The first-order valence-electron chi connectivity index (χ1n) is 0. The molecule has 0 fully saturated rings. The minimum atomic E-state index is 0. The van der Waals surface area contributed by atoms with Crippen molar-refractivity contribution < 1.29 is 93.3 Å². The third kappa shape index (κ3) is 51.2. The van der Waals surface area contributed by atoms with Crippen molar-refractivity contribution in [2.75, 3.05) is 0 Å². The summed E-state index contributed by atoms with van der Waals surface area (Å²) >= 11 is 0. The van der Waals surface area contributed by atoms with E-state index in [9.17, 15) is 0 Å². The summed E-state index contributed by atoms with van der Waals surface area (Å²) in [6, 6.07) is 0. The fourth-order valence-electron chi connectivity index (χ4n) is 0. The molecule has 0 bridgehead atoms. The molecule has 0 aliphatic heterocycles. The van der Waals surface area contributed by atoms with Crippen LogP contribution in [0.2, 0.25) is 0 Å². The Morgan fingerprint density at radius 2 is 0.556 bits per heavy atom. The second kappa shape index (κ2) is 59.2. The summed E-state index contributed by atoms with van der Waals surface area (Å²) in [5.74, 6) is 0. The molecule has 0 unspecified atom stereocenters. The van der Waals surface area contributed by atoms with E-state index in [1.54, 1.807) is 0 Å². The van der Waals surface area contributed by atoms with E-state index in [-0.39, 0.29) is 244 Å². The van der Waals surface area contributed by atoms with Crippen molar-refractivity contribution in [2.45, 2.75) is 0 Å². The molecule has 0 spiro atoms. The second-order valence-corrected chi connectivity index (χ2v) is 0. The zero-order valence-corrected chi connectivity index (χ0v) is 27.8. The average molecular weight is 1020 g/mol. The number of rotatable bonds is 0. The Balaban J connectivity index is 0. The van der Waals surface area contributed by atoms with Gasteiger partial charge in [0.25, 0.3) is 0 Å². The molecule has 0 aliphatic carbocycles. The smallest absolute Gasteiger partial charge is 2.00 e. The molecule has 0 aliphatic rings. The van der Waals surface area contributed by atoms with E-state index < -0.39 is 0 Å². The van der Waals surface area contributed by atoms with Gasteiger partial charge in [-0.3, -0.25) is 0 Å². The predicted octanol–water partition coefficient (Wildman–Crippen LogP) is -1.43. The van der Waals surface area contributed by atoms with Crippen molar-refractivity contribution in [1.82, 2.24) is 0 Å². The van der Waals surface area contributed by atoms with Gasteiger partial charge >= 0.3 is 150 Å². The maximum absolute atomic E-state index is 0. The predicted molar refractivity (Wildman–Crippen MR) is 29.5 cm³/mol. The summed E-state index contributed by atoms with van der Waals surface area (Å²) in [6.45, 7) is 0. The van der Waals surface area contributed by atoms with Gasteiger partial charge in [-0.15, -0.1) is 0 Å². The molecule has 0 aromatic rings. The van der Waals surface area contributed by atoms with E-state index in [1.807, 2.05) is 0 Å². The molecule has 0 saturated heterocycles. The SMILES string of the molecule is [Ba+2].[Ba+2].[Bi+3].[Bi+3].[H-].[H-].[H-].[H-].[La].[La].[O-2].[O-2].[O-2]. The van der Waals surface area contributed by atoms with Crippen LogP contribution in [0.15, 0.2) is 0 Å². The summed E-state index contributed by atoms with van der Waals surface area (Å²) < 4.78 is 0. The molecule has 0 rings (SSSR count). The molecule has 42 valence electrons. The molecule has 0 aromatic carbocycles. The third-order valence-corrected chi connectivity index (χ3v) is 0. The molecule has 0 saturated carbocycles. The minimum absolute atomic E-state index is 0. The average Bonchev–Trinajstić information content (AvgIpc) is 0. The van der Waals surface area contributed by atoms with Gasteiger partial charge in [-0.05, 0) is 0 Å². The zero-order valence-electron chi connectivity index (χ0n) is 8.69. The van der Waals surface area contributed by atoms with Gasteiger partial charge in [-0.2, -0.15) is 0 Å². The Morgan fingerprint density at radius 3 is 0.556 bits per heavy atom. The summed E-state index contributed by atoms with van der Waals surface area (Å²) in [5.41, 5.74) is 0. The van der Waals surface area contributed by atoms with Crippen LogP contribution in [0.5, 0.6) is 0 Å². The topological polar surface area (TPSA) is 85.5 Å². The van der Waals surface area contributed by atoms with Gasteiger partial charge in [0.05, 0.1) is 0 Å². The van der Waals surface area contributed by atoms with Gasteiger partial charge in [0.1, 0.15) is 0 Å². The quantitative estimate of drug-likeness (QED) is 0.267. The van der Waals surface area contributed by atoms with Crippen LogP contribution < -0.4 is 0 Å². The Kier molecular flexibility index (Phi) is 476. The molecule has 0 N–H and O–H groups in total. The fourth-order valence-corrected chi connectivity index (χ4v) is 0. The van der Waals surface area contributed by atoms with E-state index in [0.717, 1.165) is 0 Å². The van der Waals surface area contributed by atoms with Gasteiger partial charge in [0, 0.05) is 71.2 Å². The van der Waals surface area contributed by atoms with Crippen molar-refractivity contribution in [1.29, 1.82) is 0 Å². The number of hydrogen-bond acceptors (Lipinski definition) is 0. The van der Waals surface area contributed by atoms with Crippen molar-refractivity contribution in [3.63, 3.8) is 0 Å². The Bertz CT molecular complexity index is 29.4. The maximum Gasteiger partial charge on any atom is 3.00 e. The standard InChI is InChI=1S/2Ba.2Bi.2La.3O.4H/q2*+2;2*+3;;;3*-2;4*-1. The molecule has 0 atom stereocenters. The van der Waals surface area contributed by atoms with Gasteiger partial charge in [0.2, 0.25) is 0 Å². The van der Waals surface area contributed by atoms with Gasteiger partial charge in [0.15, 0.2) is 0 Å². The van der Waals surface area contributed by atoms with E-state index in [2.05, 4.69) is 0 Å². The maximum atomic E-state index is 0. The molecular formula is H4Ba2Bi2La2O3. The monoisotopic (exact) mass is 1020 g/mol. The normalized spacial score (nSPS) is 0. The first-order chi connectivity index (χ1) is 0. The Hall–Kier alpha value is 7.18. The molecule has 0 heterocycles. The minimum Gasteiger partial charge on any atom is -2.00 e. The van der Waals surface area contributed by atoms with Crippen LogP contribution >= 0.6 is 0 Å². The molecular weight excluding hydrogens is 1020 g/mol. The summed E-state index contributed by atoms with van der Waals surface area (Å²) in [6.07, 6.45) is 0. The zero-order chi connectivity index (χ0) is 0. The molecule has 0 amide bonds. The molecule has 6 radical (unpaired) electrons. The summed E-state index contributed by atoms with van der Waals surface area (Å²) in [5, 5.41) is 0. The fraction of sp³-hybridized carbons (Fsp3) is 0. The third-order valence-electron chi connectivity index (χ3n) is 0. The summed E-state index contributed by atoms with van der Waals surface area (Å²) in [4.78, 5) is 0. The Morgan fingerprint density at radius 1 is 0.556 bits per heavy atom. The van der Waals surface area contributed by atoms with Crippen LogP contribution in [0.1, 0.15) is 5.71 Å². The van der Waals surface area contributed by atoms with Crippen molar-refractivity contribution in [3.05, 3.63) is 0 Å². The first kappa shape index (κ1) is 72.3. The van der Waals surface area contributed by atoms with Crippen LogP contribution in [-0.4, -0.2) is 150 Å². The molecule has 9 heteroatoms. The summed E-state index contributed by atoms with van der Waals surface area (Å²) in [7, 11) is 0. The first-order valence-corrected chi connectivity index (χ1v) is 0. The largest absolute Gasteiger partial charge is 3.00 e. The van der Waals surface area contributed by atoms with E-state index >= 15 is 0 Å². The van der Waals surface area contributed by atoms with Crippen LogP contribution in [0, 0.1) is 71.2 Å². The van der Waals surface area contributed by atoms with E-state index in [4.69, 9.17) is 0 Å². The van der Waals surface area contributed by atoms with Crippen LogP contribution in [0.4, 0.5) is 0 Å². The van der Waals surface area contributed by atoms with E-state index in [1.165, 1.54) is 0 Å². The number of hydrogen-bond donors (Lipinski definition) is 0. The van der Waals surface area contributed by atoms with Crippen molar-refractivity contribution in [3.8, 4) is 0 Å². The van der Waals surface area contributed by atoms with Gasteiger partial charge < -0.3 is 22.1 Å². The van der Waals surface area contributed by atoms with E-state index in [0.29, 0.717) is 0 Å². The van der Waals surface area contributed by atoms with Gasteiger partial charge in [-0.1, -0.05) is 0 Å². The molecule has 3 nitrogen and oxygen atoms in total. The van der Waals surface area contributed by atoms with Crippen molar-refractivity contribution >= 4 is 150 Å². The van der Waals surface area contributed by atoms with Crippen LogP contribution in [0.25, 0.3) is 0 Å². The molecule has 0 aromatic heterocycles. The van der Waals surface area contributed by atoms with Crippen LogP contribution in [0.3, 0.4) is 0 Å². The van der Waals surface area contributed by atoms with Gasteiger partial charge in [-0.25, -0.2) is 0 Å². The van der Waals surface area contributed by atoms with Crippen LogP contribution in [-0.2, 0) is 16.4 Å².